The van der Waals surface area contributed by atoms with E-state index in [9.17, 15) is 4.79 Å². The molecule has 5 rings (SSSR count). The van der Waals surface area contributed by atoms with Crippen molar-refractivity contribution in [2.75, 3.05) is 5.32 Å². The van der Waals surface area contributed by atoms with Gasteiger partial charge in [0.1, 0.15) is 34.2 Å². The molecule has 1 N–H and O–H groups in total. The number of fused-ring (bicyclic) bond motifs is 1. The predicted molar refractivity (Wildman–Crippen MR) is 134 cm³/mol. The third-order valence-corrected chi connectivity index (χ3v) is 6.42. The summed E-state index contributed by atoms with van der Waals surface area (Å²) < 4.78 is 11.6. The zero-order valence-electron chi connectivity index (χ0n) is 18.4. The van der Waals surface area contributed by atoms with E-state index in [0.717, 1.165) is 28.0 Å². The Hall–Kier alpha value is -4.23. The van der Waals surface area contributed by atoms with Crippen molar-refractivity contribution in [2.24, 2.45) is 0 Å². The van der Waals surface area contributed by atoms with Crippen molar-refractivity contribution < 1.29 is 14.3 Å². The molecule has 0 saturated heterocycles. The molecule has 5 aromatic rings. The van der Waals surface area contributed by atoms with Gasteiger partial charge in [0.25, 0.3) is 0 Å². The predicted octanol–water partition coefficient (Wildman–Crippen LogP) is 6.89. The van der Waals surface area contributed by atoms with E-state index in [1.165, 1.54) is 17.7 Å². The Morgan fingerprint density at radius 1 is 0.912 bits per heavy atom. The third-order valence-electron chi connectivity index (χ3n) is 5.24. The number of hydrogen-bond donors (Lipinski definition) is 1. The lowest BCUT2D eigenvalue weighted by atomic mass is 10.2. The Morgan fingerprint density at radius 3 is 2.41 bits per heavy atom. The van der Waals surface area contributed by atoms with Crippen LogP contribution in [0.5, 0.6) is 11.5 Å². The Bertz CT molecular complexity index is 1440. The number of para-hydroxylation sites is 3. The van der Waals surface area contributed by atoms with Crippen LogP contribution in [-0.4, -0.2) is 15.9 Å². The van der Waals surface area contributed by atoms with Crippen molar-refractivity contribution in [1.29, 1.82) is 0 Å². The molecule has 0 saturated carbocycles. The maximum absolute atomic E-state index is 12.8. The fourth-order valence-corrected chi connectivity index (χ4v) is 4.59. The average Bonchev–Trinajstić information content (AvgIpc) is 3.22. The van der Waals surface area contributed by atoms with Crippen molar-refractivity contribution in [3.8, 4) is 11.5 Å². The summed E-state index contributed by atoms with van der Waals surface area (Å²) in [4.78, 5) is 22.9. The summed E-state index contributed by atoms with van der Waals surface area (Å²) in [5.74, 6) is 1.63. The van der Waals surface area contributed by atoms with Gasteiger partial charge in [0.2, 0.25) is 0 Å². The van der Waals surface area contributed by atoms with E-state index < -0.39 is 0 Å². The number of aromatic nitrogens is 2. The first-order valence-electron chi connectivity index (χ1n) is 10.7. The van der Waals surface area contributed by atoms with Gasteiger partial charge in [-0.15, -0.1) is 11.3 Å². The summed E-state index contributed by atoms with van der Waals surface area (Å²) >= 11 is 1.30. The normalized spacial score (nSPS) is 10.7. The molecule has 0 radical (unpaired) electrons. The Morgan fingerprint density at radius 2 is 1.62 bits per heavy atom. The first-order valence-corrected chi connectivity index (χ1v) is 11.5. The smallest absolute Gasteiger partial charge is 0.349 e. The second-order valence-electron chi connectivity index (χ2n) is 7.56. The number of rotatable bonds is 7. The van der Waals surface area contributed by atoms with Gasteiger partial charge in [-0.05, 0) is 42.3 Å². The van der Waals surface area contributed by atoms with Gasteiger partial charge < -0.3 is 14.8 Å². The van der Waals surface area contributed by atoms with E-state index in [2.05, 4.69) is 15.3 Å². The molecule has 0 fully saturated rings. The fraction of sp³-hybridized carbons (Fsp3) is 0.0741. The third kappa shape index (κ3) is 4.60. The van der Waals surface area contributed by atoms with E-state index in [0.29, 0.717) is 21.3 Å². The number of nitrogens with one attached hydrogen (secondary N) is 1. The van der Waals surface area contributed by atoms with Gasteiger partial charge in [0.15, 0.2) is 5.75 Å². The van der Waals surface area contributed by atoms with Crippen LogP contribution in [0.2, 0.25) is 0 Å². The first-order chi connectivity index (χ1) is 16.7. The van der Waals surface area contributed by atoms with Crippen molar-refractivity contribution in [2.45, 2.75) is 13.5 Å². The molecule has 0 unspecified atom stereocenters. The van der Waals surface area contributed by atoms with Gasteiger partial charge in [-0.25, -0.2) is 14.8 Å². The molecule has 7 heteroatoms. The lowest BCUT2D eigenvalue weighted by Crippen LogP contribution is -2.04. The maximum Gasteiger partial charge on any atom is 0.349 e. The molecule has 0 spiro atoms. The Kier molecular flexibility index (Phi) is 6.18. The lowest BCUT2D eigenvalue weighted by molar-refractivity contribution is 0.0478. The van der Waals surface area contributed by atoms with Crippen molar-refractivity contribution >= 4 is 39.0 Å². The molecule has 3 aromatic carbocycles. The zero-order chi connectivity index (χ0) is 23.3. The van der Waals surface area contributed by atoms with Gasteiger partial charge in [-0.3, -0.25) is 0 Å². The van der Waals surface area contributed by atoms with Crippen LogP contribution in [0.4, 0.5) is 11.5 Å². The quantitative estimate of drug-likeness (QED) is 0.263. The van der Waals surface area contributed by atoms with E-state index in [-0.39, 0.29) is 12.6 Å². The molecule has 0 aliphatic rings. The average molecular weight is 468 g/mol. The summed E-state index contributed by atoms with van der Waals surface area (Å²) in [6.45, 7) is 2.10. The topological polar surface area (TPSA) is 73.3 Å². The molecule has 2 aromatic heterocycles. The van der Waals surface area contributed by atoms with Crippen LogP contribution in [-0.2, 0) is 11.3 Å². The minimum Gasteiger partial charge on any atom is -0.457 e. The summed E-state index contributed by atoms with van der Waals surface area (Å²) in [5.41, 5.74) is 2.47. The Labute approximate surface area is 200 Å². The molecule has 0 atom stereocenters. The number of ether oxygens (including phenoxy) is 2. The van der Waals surface area contributed by atoms with E-state index >= 15 is 0 Å². The van der Waals surface area contributed by atoms with E-state index in [1.807, 2.05) is 91.9 Å². The summed E-state index contributed by atoms with van der Waals surface area (Å²) in [7, 11) is 0. The molecule has 168 valence electrons. The van der Waals surface area contributed by atoms with Gasteiger partial charge in [0.05, 0.1) is 11.1 Å². The van der Waals surface area contributed by atoms with Crippen LogP contribution < -0.4 is 10.1 Å². The number of carbonyl (C=O) groups excluding carboxylic acids is 1. The number of thiophene rings is 1. The fourth-order valence-electron chi connectivity index (χ4n) is 3.55. The second kappa shape index (κ2) is 9.72. The molecule has 0 amide bonds. The van der Waals surface area contributed by atoms with Crippen molar-refractivity contribution in [3.05, 3.63) is 107 Å². The zero-order valence-corrected chi connectivity index (χ0v) is 19.2. The van der Waals surface area contributed by atoms with Crippen LogP contribution in [0.1, 0.15) is 20.8 Å². The number of carbonyl (C=O) groups is 1. The number of esters is 1. The standard InChI is InChI=1S/C27H21N3O3S/c1-18-23-25(30-21-14-8-9-15-22(21)33-20-12-6-3-7-13-20)28-17-29-26(23)34-24(18)27(31)32-16-19-10-4-2-5-11-19/h2-15,17H,16H2,1H3,(H,28,29,30). The second-order valence-corrected chi connectivity index (χ2v) is 8.56. The maximum atomic E-state index is 12.8. The number of benzene rings is 3. The summed E-state index contributed by atoms with van der Waals surface area (Å²) in [6.07, 6.45) is 1.49. The monoisotopic (exact) mass is 467 g/mol. The SMILES string of the molecule is Cc1c(C(=O)OCc2ccccc2)sc2ncnc(Nc3ccccc3Oc3ccccc3)c12. The van der Waals surface area contributed by atoms with E-state index in [4.69, 9.17) is 9.47 Å². The number of anilines is 2. The molecule has 2 heterocycles. The molecule has 6 nitrogen and oxygen atoms in total. The highest BCUT2D eigenvalue weighted by atomic mass is 32.1. The molecule has 0 aliphatic heterocycles. The lowest BCUT2D eigenvalue weighted by Gasteiger charge is -2.13. The number of hydrogen-bond acceptors (Lipinski definition) is 7. The van der Waals surface area contributed by atoms with E-state index in [1.54, 1.807) is 0 Å². The van der Waals surface area contributed by atoms with Crippen LogP contribution in [0, 0.1) is 6.92 Å². The highest BCUT2D eigenvalue weighted by Gasteiger charge is 2.21. The molecule has 34 heavy (non-hydrogen) atoms. The van der Waals surface area contributed by atoms with Gasteiger partial charge >= 0.3 is 5.97 Å². The Balaban J connectivity index is 1.42. The summed E-state index contributed by atoms with van der Waals surface area (Å²) in [6, 6.07) is 26.8. The largest absolute Gasteiger partial charge is 0.457 e. The van der Waals surface area contributed by atoms with Gasteiger partial charge in [0, 0.05) is 0 Å². The molecule has 0 aliphatic carbocycles. The van der Waals surface area contributed by atoms with Crippen LogP contribution in [0.15, 0.2) is 91.3 Å². The van der Waals surface area contributed by atoms with Crippen molar-refractivity contribution in [1.82, 2.24) is 9.97 Å². The van der Waals surface area contributed by atoms with Crippen LogP contribution in [0.25, 0.3) is 10.2 Å². The van der Waals surface area contributed by atoms with Gasteiger partial charge in [-0.2, -0.15) is 0 Å². The summed E-state index contributed by atoms with van der Waals surface area (Å²) in [5, 5.41) is 4.15. The number of nitrogens with zero attached hydrogens (tertiary/aromatic N) is 2. The highest BCUT2D eigenvalue weighted by molar-refractivity contribution is 7.20. The molecular formula is C27H21N3O3S. The minimum atomic E-state index is -0.372. The molecular weight excluding hydrogens is 446 g/mol. The van der Waals surface area contributed by atoms with Crippen molar-refractivity contribution in [3.63, 3.8) is 0 Å². The molecule has 0 bridgehead atoms. The van der Waals surface area contributed by atoms with Gasteiger partial charge in [-0.1, -0.05) is 60.7 Å². The first kappa shape index (κ1) is 21.6. The highest BCUT2D eigenvalue weighted by Crippen LogP contribution is 2.37. The number of aryl methyl sites for hydroxylation is 1. The van der Waals surface area contributed by atoms with Crippen LogP contribution >= 0.6 is 11.3 Å². The minimum absolute atomic E-state index is 0.217. The van der Waals surface area contributed by atoms with Crippen LogP contribution in [0.3, 0.4) is 0 Å².